The number of nitrogens with one attached hydrogen (secondary N) is 1. The van der Waals surface area contributed by atoms with Crippen molar-refractivity contribution < 1.29 is 33.6 Å². The van der Waals surface area contributed by atoms with Gasteiger partial charge in [0.2, 0.25) is 0 Å². The van der Waals surface area contributed by atoms with Crippen LogP contribution in [0.4, 0.5) is 5.69 Å². The van der Waals surface area contributed by atoms with Gasteiger partial charge in [-0.05, 0) is 70.7 Å². The number of pyridine rings is 1. The van der Waals surface area contributed by atoms with Crippen LogP contribution in [0.1, 0.15) is 73.8 Å². The van der Waals surface area contributed by atoms with Crippen LogP contribution in [0.25, 0.3) is 5.52 Å². The number of hydrogen-bond acceptors (Lipinski definition) is 9. The topological polar surface area (TPSA) is 124 Å². The summed E-state index contributed by atoms with van der Waals surface area (Å²) in [4.78, 5) is 28.9. The maximum atomic E-state index is 13.4. The maximum absolute atomic E-state index is 13.4. The van der Waals surface area contributed by atoms with Crippen molar-refractivity contribution in [1.29, 1.82) is 0 Å². The highest BCUT2D eigenvalue weighted by molar-refractivity contribution is 5.95. The number of ether oxygens (including phenoxy) is 4. The van der Waals surface area contributed by atoms with Gasteiger partial charge in [0.25, 0.3) is 5.91 Å². The molecule has 2 aromatic heterocycles. The number of esters is 1. The number of benzene rings is 1. The number of rotatable bonds is 15. The Balaban J connectivity index is 1.66. The van der Waals surface area contributed by atoms with Crippen LogP contribution in [-0.4, -0.2) is 83.9 Å². The maximum Gasteiger partial charge on any atom is 0.339 e. The first-order chi connectivity index (χ1) is 22.8. The molecule has 11 heteroatoms. The van der Waals surface area contributed by atoms with Gasteiger partial charge in [-0.15, -0.1) is 6.58 Å². The molecule has 0 spiro atoms. The standard InChI is InChI=1S/C37H50N4O7/c1-9-19-46-30-14-12-11-13-26(30)21-27(42)23-38-34(43)28-22-29-32(40-17-15-37(7,16-18-40)47-20-10-2)31(25(3)24-41(29)39-28)33(35(44)45-8)48-36(4,5)6/h9-14,22,24,27,33,42H,1-2,15-21,23H2,3-8H3,(H,38,43). The van der Waals surface area contributed by atoms with Crippen LogP contribution in [0.15, 0.2) is 61.8 Å². The molecule has 0 aliphatic carbocycles. The predicted octanol–water partition coefficient (Wildman–Crippen LogP) is 5.13. The van der Waals surface area contributed by atoms with Crippen LogP contribution in [0, 0.1) is 6.92 Å². The molecule has 0 saturated carbocycles. The van der Waals surface area contributed by atoms with Gasteiger partial charge in [-0.1, -0.05) is 36.9 Å². The third-order valence-corrected chi connectivity index (χ3v) is 8.33. The molecule has 1 aliphatic heterocycles. The lowest BCUT2D eigenvalue weighted by Crippen LogP contribution is -2.45. The van der Waals surface area contributed by atoms with Crippen molar-refractivity contribution in [2.24, 2.45) is 0 Å². The Kier molecular flexibility index (Phi) is 12.1. The minimum Gasteiger partial charge on any atom is -0.489 e. The van der Waals surface area contributed by atoms with Gasteiger partial charge in [0, 0.05) is 37.8 Å². The molecule has 1 amide bonds. The summed E-state index contributed by atoms with van der Waals surface area (Å²) in [6, 6.07) is 9.17. The van der Waals surface area contributed by atoms with Gasteiger partial charge < -0.3 is 34.3 Å². The van der Waals surface area contributed by atoms with Crippen molar-refractivity contribution in [3.8, 4) is 5.75 Å². The lowest BCUT2D eigenvalue weighted by atomic mass is 9.91. The van der Waals surface area contributed by atoms with Crippen LogP contribution in [-0.2, 0) is 25.4 Å². The number of carbonyl (C=O) groups excluding carboxylic acids is 2. The molecule has 3 heterocycles. The number of aryl methyl sites for hydroxylation is 1. The molecule has 11 nitrogen and oxygen atoms in total. The van der Waals surface area contributed by atoms with Crippen LogP contribution in [0.2, 0.25) is 0 Å². The first kappa shape index (κ1) is 36.6. The smallest absolute Gasteiger partial charge is 0.339 e. The number of nitrogens with zero attached hydrogens (tertiary/aromatic N) is 3. The molecule has 48 heavy (non-hydrogen) atoms. The number of fused-ring (bicyclic) bond motifs is 1. The molecule has 1 fully saturated rings. The number of carbonyl (C=O) groups is 2. The van der Waals surface area contributed by atoms with E-state index in [0.29, 0.717) is 49.6 Å². The molecule has 2 N–H and O–H groups in total. The van der Waals surface area contributed by atoms with E-state index < -0.39 is 29.7 Å². The summed E-state index contributed by atoms with van der Waals surface area (Å²) >= 11 is 0. The lowest BCUT2D eigenvalue weighted by molar-refractivity contribution is -0.164. The van der Waals surface area contributed by atoms with Crippen LogP contribution in [0.3, 0.4) is 0 Å². The monoisotopic (exact) mass is 662 g/mol. The number of methoxy groups -OCH3 is 1. The fourth-order valence-electron chi connectivity index (χ4n) is 5.90. The van der Waals surface area contributed by atoms with Crippen molar-refractivity contribution in [2.75, 3.05) is 44.9 Å². The van der Waals surface area contributed by atoms with Crippen molar-refractivity contribution in [2.45, 2.75) is 77.3 Å². The quantitative estimate of drug-likeness (QED) is 0.168. The highest BCUT2D eigenvalue weighted by Gasteiger charge is 2.37. The Hall–Kier alpha value is -4.19. The Morgan fingerprint density at radius 3 is 2.48 bits per heavy atom. The second-order valence-corrected chi connectivity index (χ2v) is 13.4. The van der Waals surface area contributed by atoms with Gasteiger partial charge in [-0.2, -0.15) is 5.10 Å². The van der Waals surface area contributed by atoms with Gasteiger partial charge in [-0.3, -0.25) is 4.79 Å². The second kappa shape index (κ2) is 15.8. The van der Waals surface area contributed by atoms with Crippen molar-refractivity contribution in [3.63, 3.8) is 0 Å². The van der Waals surface area contributed by atoms with E-state index in [2.05, 4.69) is 35.4 Å². The molecular weight excluding hydrogens is 612 g/mol. The largest absolute Gasteiger partial charge is 0.489 e. The average Bonchev–Trinajstić information content (AvgIpc) is 3.48. The number of anilines is 1. The molecule has 1 saturated heterocycles. The van der Waals surface area contributed by atoms with Crippen LogP contribution < -0.4 is 15.0 Å². The number of aliphatic hydroxyl groups excluding tert-OH is 1. The zero-order chi connectivity index (χ0) is 35.1. The Labute approximate surface area is 283 Å². The molecule has 2 atom stereocenters. The summed E-state index contributed by atoms with van der Waals surface area (Å²) in [6.45, 7) is 19.2. The van der Waals surface area contributed by atoms with Crippen molar-refractivity contribution >= 4 is 23.1 Å². The molecular formula is C37H50N4O7. The van der Waals surface area contributed by atoms with E-state index >= 15 is 0 Å². The lowest BCUT2D eigenvalue weighted by Gasteiger charge is -2.41. The van der Waals surface area contributed by atoms with Crippen molar-refractivity contribution in [3.05, 3.63) is 84.2 Å². The second-order valence-electron chi connectivity index (χ2n) is 13.4. The molecule has 3 aromatic rings. The van der Waals surface area contributed by atoms with Gasteiger partial charge in [0.1, 0.15) is 12.4 Å². The molecule has 4 rings (SSSR count). The minimum atomic E-state index is -1.01. The molecule has 0 radical (unpaired) electrons. The summed E-state index contributed by atoms with van der Waals surface area (Å²) in [5, 5.41) is 18.3. The summed E-state index contributed by atoms with van der Waals surface area (Å²) in [7, 11) is 1.35. The number of piperidine rings is 1. The van der Waals surface area contributed by atoms with E-state index in [0.717, 1.165) is 29.7 Å². The summed E-state index contributed by atoms with van der Waals surface area (Å²) in [5.74, 6) is -0.288. The Bertz CT molecular complexity index is 1600. The van der Waals surface area contributed by atoms with E-state index in [1.165, 1.54) is 7.11 Å². The minimum absolute atomic E-state index is 0.0128. The van der Waals surface area contributed by atoms with Crippen LogP contribution in [0.5, 0.6) is 5.75 Å². The van der Waals surface area contributed by atoms with E-state index in [4.69, 9.17) is 18.9 Å². The molecule has 0 bridgehead atoms. The van der Waals surface area contributed by atoms with Gasteiger partial charge in [0.15, 0.2) is 11.8 Å². The predicted molar refractivity (Wildman–Crippen MR) is 186 cm³/mol. The molecule has 260 valence electrons. The van der Waals surface area contributed by atoms with E-state index in [1.54, 1.807) is 28.9 Å². The molecule has 2 unspecified atom stereocenters. The summed E-state index contributed by atoms with van der Waals surface area (Å²) in [6.07, 6.45) is 5.11. The number of para-hydroxylation sites is 1. The summed E-state index contributed by atoms with van der Waals surface area (Å²) < 4.78 is 25.1. The Morgan fingerprint density at radius 2 is 1.83 bits per heavy atom. The third-order valence-electron chi connectivity index (χ3n) is 8.33. The number of aromatic nitrogens is 2. The SMILES string of the molecule is C=CCOc1ccccc1CC(O)CNC(=O)c1cc2c(N3CCC(C)(OCC=C)CC3)c(C(OC(C)(C)C)C(=O)OC)c(C)cn2n1. The van der Waals surface area contributed by atoms with Gasteiger partial charge in [0.05, 0.1) is 42.2 Å². The van der Waals surface area contributed by atoms with E-state index in [9.17, 15) is 14.7 Å². The van der Waals surface area contributed by atoms with Crippen molar-refractivity contribution in [1.82, 2.24) is 14.9 Å². The highest BCUT2D eigenvalue weighted by atomic mass is 16.6. The Morgan fingerprint density at radius 1 is 1.15 bits per heavy atom. The van der Waals surface area contributed by atoms with Gasteiger partial charge in [-0.25, -0.2) is 9.31 Å². The molecule has 1 aliphatic rings. The zero-order valence-corrected chi connectivity index (χ0v) is 29.1. The highest BCUT2D eigenvalue weighted by Crippen LogP contribution is 2.40. The number of amides is 1. The number of hydrogen-bond donors (Lipinski definition) is 2. The first-order valence-electron chi connectivity index (χ1n) is 16.4. The fourth-order valence-corrected chi connectivity index (χ4v) is 5.90. The van der Waals surface area contributed by atoms with E-state index in [-0.39, 0.29) is 17.8 Å². The van der Waals surface area contributed by atoms with Gasteiger partial charge >= 0.3 is 5.97 Å². The first-order valence-corrected chi connectivity index (χ1v) is 16.4. The fraction of sp³-hybridized carbons (Fsp3) is 0.486. The van der Waals surface area contributed by atoms with E-state index in [1.807, 2.05) is 52.0 Å². The zero-order valence-electron chi connectivity index (χ0n) is 29.1. The molecule has 1 aromatic carbocycles. The number of aliphatic hydroxyl groups is 1. The summed E-state index contributed by atoms with van der Waals surface area (Å²) in [5.41, 5.74) is 2.86. The normalized spacial score (nSPS) is 15.9. The average molecular weight is 663 g/mol. The third kappa shape index (κ3) is 9.03. The van der Waals surface area contributed by atoms with Crippen LogP contribution >= 0.6 is 0 Å².